The number of nitrogens with zero attached hydrogens (tertiary/aromatic N) is 6. The second-order valence-electron chi connectivity index (χ2n) is 16.3. The molecule has 1 atom stereocenters. The van der Waals surface area contributed by atoms with Crippen molar-refractivity contribution in [2.45, 2.75) is 122 Å². The molecule has 2 fully saturated rings. The average Bonchev–Trinajstić information content (AvgIpc) is 3.73. The van der Waals surface area contributed by atoms with Crippen molar-refractivity contribution in [1.29, 1.82) is 0 Å². The Labute approximate surface area is 339 Å². The zero-order chi connectivity index (χ0) is 41.0. The van der Waals surface area contributed by atoms with Crippen molar-refractivity contribution in [2.24, 2.45) is 0 Å². The Hall–Kier alpha value is -4.61. The van der Waals surface area contributed by atoms with E-state index in [2.05, 4.69) is 38.3 Å². The first kappa shape index (κ1) is 43.5. The zero-order valence-electron chi connectivity index (χ0n) is 35.0. The van der Waals surface area contributed by atoms with Gasteiger partial charge in [0.05, 0.1) is 19.0 Å². The van der Waals surface area contributed by atoms with E-state index in [-0.39, 0.29) is 36.0 Å². The number of likely N-dealkylation sites (N-methyl/N-ethyl adjacent to an activating group) is 1. The van der Waals surface area contributed by atoms with Crippen LogP contribution >= 0.6 is 0 Å². The maximum Gasteiger partial charge on any atom is 0.410 e. The molecule has 57 heavy (non-hydrogen) atoms. The Morgan fingerprint density at radius 3 is 2.46 bits per heavy atom. The zero-order valence-corrected chi connectivity index (χ0v) is 35.0. The van der Waals surface area contributed by atoms with Gasteiger partial charge in [-0.3, -0.25) is 9.59 Å². The highest BCUT2D eigenvalue weighted by Crippen LogP contribution is 2.40. The van der Waals surface area contributed by atoms with E-state index < -0.39 is 5.60 Å². The lowest BCUT2D eigenvalue weighted by molar-refractivity contribution is -0.120. The van der Waals surface area contributed by atoms with Crippen molar-refractivity contribution >= 4 is 41.0 Å². The van der Waals surface area contributed by atoms with Crippen molar-refractivity contribution in [3.05, 3.63) is 30.0 Å². The molecule has 2 aromatic rings. The van der Waals surface area contributed by atoms with Crippen LogP contribution in [0.3, 0.4) is 0 Å². The van der Waals surface area contributed by atoms with E-state index >= 15 is 0 Å². The Kier molecular flexibility index (Phi) is 15.8. The topological polar surface area (TPSA) is 142 Å². The number of terminal acetylenes is 1. The number of benzene rings is 1. The Bertz CT molecular complexity index is 1700. The van der Waals surface area contributed by atoms with Gasteiger partial charge in [-0.2, -0.15) is 4.98 Å². The van der Waals surface area contributed by atoms with Crippen LogP contribution < -0.4 is 25.2 Å². The molecule has 0 unspecified atom stereocenters. The van der Waals surface area contributed by atoms with Gasteiger partial charge in [0.1, 0.15) is 23.1 Å². The number of fused-ring (bicyclic) bond motifs is 1. The van der Waals surface area contributed by atoms with Crippen LogP contribution in [0, 0.1) is 12.3 Å². The van der Waals surface area contributed by atoms with Crippen LogP contribution in [-0.2, 0) is 14.3 Å². The standard InChI is InChI=1S/C43H64N8O6/c1-8-10-13-23-50(42(54)57-43(3,4)5)24-15-28-56-27-14-22-49-25-20-32(21-26-49)45-39(52)31-18-19-34(37(29-31)55-7)46-41-44-30-36-38(47-41)51(33-16-11-12-17-33)35(9-2)40(53)48(36)6/h1,18-19,29-30,32-33,35H,9-17,20-28H2,2-7H3,(H,45,52)(H,44,46,47)/t35-/m1/s1. The summed E-state index contributed by atoms with van der Waals surface area (Å²) in [4.78, 5) is 56.8. The molecule has 1 aromatic heterocycles. The summed E-state index contributed by atoms with van der Waals surface area (Å²) in [6.45, 7) is 12.8. The number of hydrogen-bond donors (Lipinski definition) is 2. The highest BCUT2D eigenvalue weighted by atomic mass is 16.6. The number of carbonyl (C=O) groups is 3. The average molecular weight is 789 g/mol. The van der Waals surface area contributed by atoms with Crippen molar-refractivity contribution in [3.8, 4) is 18.1 Å². The summed E-state index contributed by atoms with van der Waals surface area (Å²) in [6.07, 6.45) is 16.6. The molecule has 0 spiro atoms. The van der Waals surface area contributed by atoms with Gasteiger partial charge < -0.3 is 44.4 Å². The number of piperidine rings is 1. The lowest BCUT2D eigenvalue weighted by Gasteiger charge is -2.43. The second-order valence-corrected chi connectivity index (χ2v) is 16.3. The molecule has 14 heteroatoms. The van der Waals surface area contributed by atoms with Crippen molar-refractivity contribution in [1.82, 2.24) is 25.1 Å². The lowest BCUT2D eigenvalue weighted by Crippen LogP contribution is -2.55. The SMILES string of the molecule is C#CCCCN(CCCOCCCN1CCC(NC(=O)c2ccc(Nc3ncc4c(n3)N(C3CCCC3)[C@H](CC)C(=O)N4C)c(OC)c2)CC1)C(=O)OC(C)(C)C. The Morgan fingerprint density at radius 1 is 1.05 bits per heavy atom. The normalized spacial score (nSPS) is 17.9. The molecule has 312 valence electrons. The first-order valence-electron chi connectivity index (χ1n) is 20.8. The van der Waals surface area contributed by atoms with E-state index in [9.17, 15) is 14.4 Å². The Morgan fingerprint density at radius 2 is 1.77 bits per heavy atom. The highest BCUT2D eigenvalue weighted by molar-refractivity contribution is 6.04. The van der Waals surface area contributed by atoms with Gasteiger partial charge in [-0.1, -0.05) is 19.8 Å². The summed E-state index contributed by atoms with van der Waals surface area (Å²) >= 11 is 0. The van der Waals surface area contributed by atoms with Crippen LogP contribution in [0.1, 0.15) is 109 Å². The summed E-state index contributed by atoms with van der Waals surface area (Å²) in [5, 5.41) is 6.52. The molecule has 3 heterocycles. The van der Waals surface area contributed by atoms with Crippen LogP contribution in [0.25, 0.3) is 0 Å². The van der Waals surface area contributed by atoms with Crippen molar-refractivity contribution < 1.29 is 28.6 Å². The van der Waals surface area contributed by atoms with Crippen LogP contribution in [0.5, 0.6) is 5.75 Å². The number of hydrogen-bond acceptors (Lipinski definition) is 11. The molecule has 1 aromatic carbocycles. The van der Waals surface area contributed by atoms with E-state index in [1.54, 1.807) is 42.3 Å². The molecule has 2 N–H and O–H groups in total. The summed E-state index contributed by atoms with van der Waals surface area (Å²) in [6, 6.07) is 5.45. The van der Waals surface area contributed by atoms with Gasteiger partial charge in [-0.25, -0.2) is 9.78 Å². The van der Waals surface area contributed by atoms with Crippen LogP contribution in [0.15, 0.2) is 24.4 Å². The number of methoxy groups -OCH3 is 1. The van der Waals surface area contributed by atoms with E-state index in [1.165, 1.54) is 0 Å². The number of aromatic nitrogens is 2. The number of nitrogens with one attached hydrogen (secondary N) is 2. The number of anilines is 4. The smallest absolute Gasteiger partial charge is 0.410 e. The predicted molar refractivity (Wildman–Crippen MR) is 223 cm³/mol. The van der Waals surface area contributed by atoms with E-state index in [1.807, 2.05) is 26.8 Å². The second kappa shape index (κ2) is 20.7. The van der Waals surface area contributed by atoms with E-state index in [4.69, 9.17) is 25.6 Å². The molecule has 3 amide bonds. The number of carbonyl (C=O) groups excluding carboxylic acids is 3. The van der Waals surface area contributed by atoms with Crippen molar-refractivity contribution in [3.63, 3.8) is 0 Å². The molecule has 14 nitrogen and oxygen atoms in total. The van der Waals surface area contributed by atoms with Crippen molar-refractivity contribution in [2.75, 3.05) is 75.2 Å². The fourth-order valence-electron chi connectivity index (χ4n) is 7.91. The quantitative estimate of drug-likeness (QED) is 0.129. The lowest BCUT2D eigenvalue weighted by atomic mass is 10.0. The number of likely N-dealkylation sites (tertiary alicyclic amines) is 1. The molecule has 0 radical (unpaired) electrons. The van der Waals surface area contributed by atoms with Crippen LogP contribution in [-0.4, -0.2) is 121 Å². The molecule has 5 rings (SSSR count). The minimum atomic E-state index is -0.544. The van der Waals surface area contributed by atoms with Gasteiger partial charge in [-0.05, 0) is 90.3 Å². The maximum atomic E-state index is 13.4. The summed E-state index contributed by atoms with van der Waals surface area (Å²) in [7, 11) is 3.37. The summed E-state index contributed by atoms with van der Waals surface area (Å²) in [5.74, 6) is 4.25. The molecule has 2 aliphatic heterocycles. The largest absolute Gasteiger partial charge is 0.495 e. The number of amides is 3. The van der Waals surface area contributed by atoms with Gasteiger partial charge in [0.25, 0.3) is 5.91 Å². The fraction of sp³-hybridized carbons (Fsp3) is 0.651. The van der Waals surface area contributed by atoms with Gasteiger partial charge in [-0.15, -0.1) is 12.3 Å². The van der Waals surface area contributed by atoms with Crippen LogP contribution in [0.2, 0.25) is 0 Å². The molecular weight excluding hydrogens is 725 g/mol. The van der Waals surface area contributed by atoms with Gasteiger partial charge >= 0.3 is 6.09 Å². The number of ether oxygens (including phenoxy) is 3. The third-order valence-corrected chi connectivity index (χ3v) is 10.9. The first-order chi connectivity index (χ1) is 27.4. The highest BCUT2D eigenvalue weighted by Gasteiger charge is 2.41. The number of rotatable bonds is 18. The van der Waals surface area contributed by atoms with Gasteiger partial charge in [0.15, 0.2) is 5.82 Å². The predicted octanol–water partition coefficient (Wildman–Crippen LogP) is 6.37. The van der Waals surface area contributed by atoms with E-state index in [0.29, 0.717) is 67.8 Å². The molecule has 1 saturated heterocycles. The molecule has 3 aliphatic rings. The third-order valence-electron chi connectivity index (χ3n) is 10.9. The Balaban J connectivity index is 1.05. The minimum Gasteiger partial charge on any atom is -0.495 e. The van der Waals surface area contributed by atoms with Crippen LogP contribution in [0.4, 0.5) is 27.9 Å². The first-order valence-corrected chi connectivity index (χ1v) is 20.8. The summed E-state index contributed by atoms with van der Waals surface area (Å²) in [5.41, 5.74) is 1.33. The molecule has 1 aliphatic carbocycles. The third kappa shape index (κ3) is 12.0. The van der Waals surface area contributed by atoms with Gasteiger partial charge in [0, 0.05) is 77.1 Å². The molecule has 1 saturated carbocycles. The number of unbranched alkanes of at least 4 members (excludes halogenated alkanes) is 1. The minimum absolute atomic E-state index is 0.0751. The summed E-state index contributed by atoms with van der Waals surface area (Å²) < 4.78 is 17.2. The maximum absolute atomic E-state index is 13.4. The fourth-order valence-corrected chi connectivity index (χ4v) is 7.91. The van der Waals surface area contributed by atoms with Gasteiger partial charge in [0.2, 0.25) is 11.9 Å². The monoisotopic (exact) mass is 788 g/mol. The molecular formula is C43H64N8O6. The van der Waals surface area contributed by atoms with E-state index in [0.717, 1.165) is 83.2 Å². The molecule has 0 bridgehead atoms.